The number of piperidine rings is 1. The van der Waals surface area contributed by atoms with Gasteiger partial charge in [0.15, 0.2) is 0 Å². The fraction of sp³-hybridized carbons (Fsp3) is 0.609. The van der Waals surface area contributed by atoms with E-state index >= 15 is 0 Å². The van der Waals surface area contributed by atoms with E-state index in [9.17, 15) is 14.9 Å². The van der Waals surface area contributed by atoms with Crippen LogP contribution < -0.4 is 4.72 Å². The molecule has 1 N–H and O–H groups in total. The first-order valence-corrected chi connectivity index (χ1v) is 11.8. The summed E-state index contributed by atoms with van der Waals surface area (Å²) in [6.07, 6.45) is 5.53. The maximum Gasteiger partial charge on any atom is 0.410 e. The Kier molecular flexibility index (Phi) is 8.95. The Bertz CT molecular complexity index is 783. The topological polar surface area (TPSA) is 88.0 Å². The maximum absolute atomic E-state index is 12.8. The van der Waals surface area contributed by atoms with Gasteiger partial charge in [-0.3, -0.25) is 14.8 Å². The Morgan fingerprint density at radius 1 is 1.34 bits per heavy atom. The quantitative estimate of drug-likeness (QED) is 0.249. The molecule has 2 fully saturated rings. The summed E-state index contributed by atoms with van der Waals surface area (Å²) in [5.74, 6) is 1.39. The minimum absolute atomic E-state index is 0.0181. The van der Waals surface area contributed by atoms with Crippen molar-refractivity contribution in [3.63, 3.8) is 0 Å². The molecule has 1 saturated heterocycles. The molecule has 1 heterocycles. The van der Waals surface area contributed by atoms with Crippen LogP contribution in [0.4, 0.5) is 10.5 Å². The summed E-state index contributed by atoms with van der Waals surface area (Å²) < 4.78 is 8.63. The van der Waals surface area contributed by atoms with Gasteiger partial charge in [-0.2, -0.15) is 0 Å². The highest BCUT2D eigenvalue weighted by Crippen LogP contribution is 2.33. The second kappa shape index (κ2) is 11.7. The zero-order chi connectivity index (χ0) is 23.1. The predicted molar refractivity (Wildman–Crippen MR) is 127 cm³/mol. The third-order valence-corrected chi connectivity index (χ3v) is 7.16. The predicted octanol–water partition coefficient (Wildman–Crippen LogP) is 4.03. The molecule has 9 heteroatoms. The van der Waals surface area contributed by atoms with Gasteiger partial charge in [-0.1, -0.05) is 25.8 Å². The molecule has 176 valence electrons. The van der Waals surface area contributed by atoms with E-state index in [0.717, 1.165) is 38.0 Å². The largest absolute Gasteiger partial charge is 0.445 e. The van der Waals surface area contributed by atoms with E-state index < -0.39 is 4.92 Å². The summed E-state index contributed by atoms with van der Waals surface area (Å²) >= 11 is 4.24. The van der Waals surface area contributed by atoms with Gasteiger partial charge in [-0.25, -0.2) is 4.79 Å². The molecule has 3 rings (SSSR count). The number of thiol groups is 1. The number of rotatable bonds is 9. The van der Waals surface area contributed by atoms with Gasteiger partial charge in [0.2, 0.25) is 0 Å². The number of carbonyl (C=O) groups excluding carboxylic acids is 1. The van der Waals surface area contributed by atoms with Crippen molar-refractivity contribution in [2.45, 2.75) is 51.3 Å². The third kappa shape index (κ3) is 6.46. The lowest BCUT2D eigenvalue weighted by Gasteiger charge is -2.38. The smallest absolute Gasteiger partial charge is 0.410 e. The van der Waals surface area contributed by atoms with Crippen LogP contribution >= 0.6 is 12.8 Å². The van der Waals surface area contributed by atoms with Crippen molar-refractivity contribution >= 4 is 24.6 Å². The molecule has 0 bridgehead atoms. The molecular formula is C23H34N4O4S. The number of non-ortho nitro benzene ring substituents is 1. The molecule has 1 aliphatic heterocycles. The van der Waals surface area contributed by atoms with Crippen molar-refractivity contribution in [2.24, 2.45) is 11.8 Å². The highest BCUT2D eigenvalue weighted by Gasteiger charge is 2.34. The van der Waals surface area contributed by atoms with E-state index in [0.29, 0.717) is 24.4 Å². The minimum atomic E-state index is -0.447. The molecule has 1 aromatic carbocycles. The molecule has 2 aliphatic rings. The van der Waals surface area contributed by atoms with Crippen molar-refractivity contribution < 1.29 is 14.5 Å². The zero-order valence-electron chi connectivity index (χ0n) is 18.7. The van der Waals surface area contributed by atoms with Gasteiger partial charge in [-0.15, -0.1) is 6.58 Å². The number of nitrogens with one attached hydrogen (secondary N) is 1. The van der Waals surface area contributed by atoms with Crippen LogP contribution in [0.2, 0.25) is 0 Å². The van der Waals surface area contributed by atoms with Crippen LogP contribution in [-0.4, -0.2) is 59.1 Å². The van der Waals surface area contributed by atoms with Crippen molar-refractivity contribution in [2.75, 3.05) is 26.2 Å². The number of nitro groups is 1. The highest BCUT2D eigenvalue weighted by atomic mass is 32.1. The van der Waals surface area contributed by atoms with Crippen LogP contribution in [0.1, 0.15) is 38.2 Å². The van der Waals surface area contributed by atoms with Crippen LogP contribution in [0.5, 0.6) is 0 Å². The van der Waals surface area contributed by atoms with Crippen molar-refractivity contribution in [3.8, 4) is 0 Å². The van der Waals surface area contributed by atoms with Gasteiger partial charge in [0.1, 0.15) is 6.61 Å². The van der Waals surface area contributed by atoms with Gasteiger partial charge < -0.3 is 14.5 Å². The number of amides is 1. The summed E-state index contributed by atoms with van der Waals surface area (Å²) in [6.45, 7) is 9.69. The number of hydrogen-bond donors (Lipinski definition) is 2. The van der Waals surface area contributed by atoms with Gasteiger partial charge >= 0.3 is 6.09 Å². The first-order chi connectivity index (χ1) is 15.4. The monoisotopic (exact) mass is 462 g/mol. The summed E-state index contributed by atoms with van der Waals surface area (Å²) in [5, 5.41) is 10.8. The Morgan fingerprint density at radius 2 is 2.03 bits per heavy atom. The lowest BCUT2D eigenvalue weighted by molar-refractivity contribution is -0.384. The lowest BCUT2D eigenvalue weighted by Crippen LogP contribution is -2.48. The molecule has 32 heavy (non-hydrogen) atoms. The Labute approximate surface area is 195 Å². The average molecular weight is 463 g/mol. The summed E-state index contributed by atoms with van der Waals surface area (Å²) in [5.41, 5.74) is 0.738. The van der Waals surface area contributed by atoms with Crippen LogP contribution in [0.25, 0.3) is 0 Å². The van der Waals surface area contributed by atoms with Crippen LogP contribution in [0, 0.1) is 22.0 Å². The second-order valence-corrected chi connectivity index (χ2v) is 9.24. The molecular weight excluding hydrogens is 428 g/mol. The Morgan fingerprint density at radius 3 is 2.59 bits per heavy atom. The van der Waals surface area contributed by atoms with Crippen molar-refractivity contribution in [1.82, 2.24) is 14.5 Å². The fourth-order valence-corrected chi connectivity index (χ4v) is 5.10. The SMILES string of the molecule is C=CCN(C(=O)OCc1ccc([N+](=O)[O-])cc1)C1CCN(CC2CC(NS)CC2C)CC1. The number of likely N-dealkylation sites (tertiary alicyclic amines) is 1. The van der Waals surface area contributed by atoms with Gasteiger partial charge in [-0.05, 0) is 55.2 Å². The van der Waals surface area contributed by atoms with Gasteiger partial charge in [0.25, 0.3) is 5.69 Å². The van der Waals surface area contributed by atoms with E-state index in [1.54, 1.807) is 23.1 Å². The number of nitrogens with zero attached hydrogens (tertiary/aromatic N) is 3. The van der Waals surface area contributed by atoms with Crippen molar-refractivity contribution in [3.05, 3.63) is 52.6 Å². The number of ether oxygens (including phenoxy) is 1. The molecule has 3 unspecified atom stereocenters. The number of nitro benzene ring substituents is 1. The van der Waals surface area contributed by atoms with E-state index in [2.05, 4.69) is 35.9 Å². The van der Waals surface area contributed by atoms with Crippen molar-refractivity contribution in [1.29, 1.82) is 0 Å². The molecule has 3 atom stereocenters. The van der Waals surface area contributed by atoms with Gasteiger partial charge in [0.05, 0.1) is 4.92 Å². The normalized spacial score (nSPS) is 24.2. The molecule has 1 aliphatic carbocycles. The standard InChI is InChI=1S/C23H34N4O4S/c1-3-10-26(23(28)31-16-18-4-6-22(7-5-18)27(29)30)21-8-11-25(12-9-21)15-19-14-20(24-32)13-17(19)2/h3-7,17,19-21,24,32H,1,8-16H2,2H3. The highest BCUT2D eigenvalue weighted by molar-refractivity contribution is 7.78. The fourth-order valence-electron chi connectivity index (χ4n) is 4.89. The molecule has 1 saturated carbocycles. The Balaban J connectivity index is 1.48. The number of benzene rings is 1. The van der Waals surface area contributed by atoms with Crippen LogP contribution in [0.3, 0.4) is 0 Å². The summed E-state index contributed by atoms with van der Waals surface area (Å²) in [4.78, 5) is 27.4. The number of carbonyl (C=O) groups is 1. The van der Waals surface area contributed by atoms with E-state index in [4.69, 9.17) is 4.74 Å². The lowest BCUT2D eigenvalue weighted by atomic mass is 9.95. The first kappa shape index (κ1) is 24.5. The minimum Gasteiger partial charge on any atom is -0.445 e. The molecule has 0 radical (unpaired) electrons. The molecule has 0 spiro atoms. The average Bonchev–Trinajstić information content (AvgIpc) is 3.16. The second-order valence-electron chi connectivity index (χ2n) is 8.99. The Hall–Kier alpha value is -2.10. The number of hydrogen-bond acceptors (Lipinski definition) is 7. The maximum atomic E-state index is 12.8. The molecule has 8 nitrogen and oxygen atoms in total. The third-order valence-electron chi connectivity index (χ3n) is 6.79. The molecule has 0 aromatic heterocycles. The van der Waals surface area contributed by atoms with Crippen LogP contribution in [-0.2, 0) is 11.3 Å². The zero-order valence-corrected chi connectivity index (χ0v) is 19.6. The van der Waals surface area contributed by atoms with E-state index in [1.807, 2.05) is 0 Å². The van der Waals surface area contributed by atoms with E-state index in [1.165, 1.54) is 25.0 Å². The van der Waals surface area contributed by atoms with Crippen LogP contribution in [0.15, 0.2) is 36.9 Å². The molecule has 1 aromatic rings. The van der Waals surface area contributed by atoms with Gasteiger partial charge in [0, 0.05) is 50.4 Å². The summed E-state index contributed by atoms with van der Waals surface area (Å²) in [7, 11) is 0. The van der Waals surface area contributed by atoms with E-state index in [-0.39, 0.29) is 24.4 Å². The summed E-state index contributed by atoms with van der Waals surface area (Å²) in [6, 6.07) is 6.69. The molecule has 1 amide bonds. The first-order valence-electron chi connectivity index (χ1n) is 11.3.